The molecule has 1 aromatic heterocycles. The summed E-state index contributed by atoms with van der Waals surface area (Å²) >= 11 is 0. The number of rotatable bonds is 8. The first-order valence-electron chi connectivity index (χ1n) is 20.2. The Bertz CT molecular complexity index is 1800. The molecule has 8 atom stereocenters. The van der Waals surface area contributed by atoms with Gasteiger partial charge in [-0.1, -0.05) is 74.9 Å². The van der Waals surface area contributed by atoms with E-state index < -0.39 is 17.1 Å². The third-order valence-electron chi connectivity index (χ3n) is 14.5. The molecule has 7 nitrogen and oxygen atoms in total. The number of furan rings is 1. The number of hydrogen-bond donors (Lipinski definition) is 3. The fourth-order valence-corrected chi connectivity index (χ4v) is 10.8. The largest absolute Gasteiger partial charge is 0.461 e. The van der Waals surface area contributed by atoms with Gasteiger partial charge < -0.3 is 24.8 Å². The predicted molar refractivity (Wildman–Crippen MR) is 209 cm³/mol. The highest BCUT2D eigenvalue weighted by molar-refractivity contribution is 6.08. The second-order valence-electron chi connectivity index (χ2n) is 17.9. The third-order valence-corrected chi connectivity index (χ3v) is 14.5. The number of amides is 2. The van der Waals surface area contributed by atoms with E-state index in [1.165, 1.54) is 24.7 Å². The molecule has 53 heavy (non-hydrogen) atoms. The number of carbonyl (C=O) groups is 2. The summed E-state index contributed by atoms with van der Waals surface area (Å²) < 4.78 is 5.62. The van der Waals surface area contributed by atoms with Crippen LogP contribution in [-0.4, -0.2) is 51.7 Å². The normalized spacial score (nSPS) is 31.4. The van der Waals surface area contributed by atoms with Crippen LogP contribution in [0.1, 0.15) is 137 Å². The summed E-state index contributed by atoms with van der Waals surface area (Å²) in [6.45, 7) is 12.0. The van der Waals surface area contributed by atoms with Crippen molar-refractivity contribution in [2.45, 2.75) is 122 Å². The van der Waals surface area contributed by atoms with Gasteiger partial charge in [0.2, 0.25) is 5.78 Å². The Labute approximate surface area is 316 Å². The van der Waals surface area contributed by atoms with Crippen molar-refractivity contribution in [1.82, 2.24) is 10.2 Å². The van der Waals surface area contributed by atoms with Gasteiger partial charge in [0.05, 0.1) is 30.6 Å². The Morgan fingerprint density at radius 2 is 1.79 bits per heavy atom. The summed E-state index contributed by atoms with van der Waals surface area (Å²) in [6.07, 6.45) is 11.4. The minimum atomic E-state index is -1.20. The average Bonchev–Trinajstić information content (AvgIpc) is 3.77. The van der Waals surface area contributed by atoms with Crippen LogP contribution in [-0.2, 0) is 6.42 Å². The number of nitrogens with one attached hydrogen (secondary N) is 1. The van der Waals surface area contributed by atoms with Gasteiger partial charge in [-0.2, -0.15) is 0 Å². The SMILES string of the molecule is CC1=CCCC2(C)C(CCC2(O)CN(CC2CCC3CC2C3(C)C)C(=O)NC(C)c2ccccc2)c2ccc(cc2C(=O)c2ccco2)CC(O)CC1. The number of benzene rings is 2. The fourth-order valence-electron chi connectivity index (χ4n) is 10.8. The van der Waals surface area contributed by atoms with Crippen LogP contribution in [0, 0.1) is 28.6 Å². The molecule has 0 radical (unpaired) electrons. The summed E-state index contributed by atoms with van der Waals surface area (Å²) in [5.74, 6) is 1.68. The predicted octanol–water partition coefficient (Wildman–Crippen LogP) is 9.39. The minimum Gasteiger partial charge on any atom is -0.461 e. The lowest BCUT2D eigenvalue weighted by Crippen LogP contribution is -2.59. The van der Waals surface area contributed by atoms with E-state index >= 15 is 0 Å². The molecule has 2 amide bonds. The molecule has 3 aromatic rings. The van der Waals surface area contributed by atoms with Crippen molar-refractivity contribution in [2.24, 2.45) is 28.6 Å². The summed E-state index contributed by atoms with van der Waals surface area (Å²) in [5.41, 5.74) is 3.10. The van der Waals surface area contributed by atoms with Crippen LogP contribution in [0.15, 0.2) is 83.0 Å². The van der Waals surface area contributed by atoms with E-state index in [0.29, 0.717) is 56.0 Å². The standard InChI is InChI=1S/C46H60N2O5/c1-30-11-9-22-45(5)39(37-20-16-32(25-36(49)19-15-30)26-38(37)42(50)41-14-10-24-53-41)21-23-46(45,52)29-48(28-34-17-18-35-27-40(34)44(35,3)4)43(51)47-31(2)33-12-7-6-8-13-33/h6-8,10-14,16,20,24,26,31,34-36,39-40,49,52H,9,15,17-19,21-23,25,27-29H2,1-5H3,(H,47,51). The van der Waals surface area contributed by atoms with Crippen LogP contribution < -0.4 is 5.32 Å². The van der Waals surface area contributed by atoms with Gasteiger partial charge in [0.25, 0.3) is 0 Å². The molecule has 0 spiro atoms. The highest BCUT2D eigenvalue weighted by atomic mass is 16.3. The van der Waals surface area contributed by atoms with Gasteiger partial charge in [-0.05, 0) is 142 Å². The lowest BCUT2D eigenvalue weighted by Gasteiger charge is -2.60. The van der Waals surface area contributed by atoms with E-state index in [-0.39, 0.29) is 41.5 Å². The second-order valence-corrected chi connectivity index (χ2v) is 17.9. The van der Waals surface area contributed by atoms with Crippen LogP contribution in [0.3, 0.4) is 0 Å². The van der Waals surface area contributed by atoms with Crippen LogP contribution in [0.4, 0.5) is 4.79 Å². The molecule has 9 rings (SSSR count). The van der Waals surface area contributed by atoms with Gasteiger partial charge in [-0.3, -0.25) is 4.79 Å². The Kier molecular flexibility index (Phi) is 10.6. The molecule has 7 heteroatoms. The fraction of sp³-hybridized carbons (Fsp3) is 0.565. The molecule has 6 aliphatic carbocycles. The summed E-state index contributed by atoms with van der Waals surface area (Å²) in [6, 6.07) is 19.2. The number of ketones is 1. The molecule has 4 fully saturated rings. The van der Waals surface area contributed by atoms with E-state index in [4.69, 9.17) is 4.42 Å². The number of allylic oxidation sites excluding steroid dienone is 2. The lowest BCUT2D eigenvalue weighted by atomic mass is 9.45. The quantitative estimate of drug-likeness (QED) is 0.159. The molecule has 4 saturated carbocycles. The summed E-state index contributed by atoms with van der Waals surface area (Å²) in [7, 11) is 0. The first kappa shape index (κ1) is 37.6. The topological polar surface area (TPSA) is 103 Å². The maximum absolute atomic E-state index is 14.5. The zero-order chi connectivity index (χ0) is 37.5. The number of aliphatic hydroxyl groups is 2. The van der Waals surface area contributed by atoms with Crippen LogP contribution in [0.2, 0.25) is 0 Å². The Morgan fingerprint density at radius 3 is 2.51 bits per heavy atom. The molecule has 0 saturated heterocycles. The van der Waals surface area contributed by atoms with Crippen molar-refractivity contribution < 1.29 is 24.2 Å². The number of carbonyl (C=O) groups excluding carboxylic acids is 2. The highest BCUT2D eigenvalue weighted by Gasteiger charge is 2.59. The number of fused-ring (bicyclic) bond motifs is 10. The van der Waals surface area contributed by atoms with Crippen molar-refractivity contribution in [3.8, 4) is 0 Å². The van der Waals surface area contributed by atoms with Gasteiger partial charge >= 0.3 is 6.03 Å². The minimum absolute atomic E-state index is 0.130. The van der Waals surface area contributed by atoms with Crippen molar-refractivity contribution >= 4 is 11.8 Å². The molecule has 8 unspecified atom stereocenters. The van der Waals surface area contributed by atoms with Gasteiger partial charge in [0, 0.05) is 17.5 Å². The molecule has 0 aliphatic heterocycles. The second kappa shape index (κ2) is 14.9. The molecule has 6 aliphatic rings. The van der Waals surface area contributed by atoms with E-state index in [1.54, 1.807) is 12.1 Å². The maximum atomic E-state index is 14.5. The molecule has 3 N–H and O–H groups in total. The Balaban J connectivity index is 1.25. The van der Waals surface area contributed by atoms with Crippen LogP contribution in [0.5, 0.6) is 0 Å². The van der Waals surface area contributed by atoms with Crippen molar-refractivity contribution in [3.05, 3.63) is 107 Å². The smallest absolute Gasteiger partial charge is 0.317 e. The third kappa shape index (κ3) is 7.28. The highest BCUT2D eigenvalue weighted by Crippen LogP contribution is 2.62. The molecule has 284 valence electrons. The van der Waals surface area contributed by atoms with Gasteiger partial charge in [-0.25, -0.2) is 4.79 Å². The summed E-state index contributed by atoms with van der Waals surface area (Å²) in [5, 5.41) is 27.5. The molecular formula is C46H60N2O5. The Morgan fingerprint density at radius 1 is 1.00 bits per heavy atom. The molecule has 2 aromatic carbocycles. The maximum Gasteiger partial charge on any atom is 0.317 e. The molecule has 4 bridgehead atoms. The van der Waals surface area contributed by atoms with Gasteiger partial charge in [-0.15, -0.1) is 0 Å². The van der Waals surface area contributed by atoms with E-state index in [1.807, 2.05) is 54.3 Å². The number of urea groups is 1. The molecule has 1 heterocycles. The van der Waals surface area contributed by atoms with Crippen LogP contribution in [0.25, 0.3) is 0 Å². The van der Waals surface area contributed by atoms with Crippen LogP contribution >= 0.6 is 0 Å². The number of nitrogens with zero attached hydrogens (tertiary/aromatic N) is 1. The van der Waals surface area contributed by atoms with E-state index in [2.05, 4.69) is 45.2 Å². The number of hydrogen-bond acceptors (Lipinski definition) is 5. The average molecular weight is 721 g/mol. The molecular weight excluding hydrogens is 661 g/mol. The van der Waals surface area contributed by atoms with Crippen molar-refractivity contribution in [1.29, 1.82) is 0 Å². The summed E-state index contributed by atoms with van der Waals surface area (Å²) in [4.78, 5) is 30.6. The first-order chi connectivity index (χ1) is 25.3. The van der Waals surface area contributed by atoms with E-state index in [9.17, 15) is 19.8 Å². The van der Waals surface area contributed by atoms with Gasteiger partial charge in [0.1, 0.15) is 0 Å². The van der Waals surface area contributed by atoms with Crippen molar-refractivity contribution in [3.63, 3.8) is 0 Å². The first-order valence-corrected chi connectivity index (χ1v) is 20.2. The Hall–Kier alpha value is -3.68. The van der Waals surface area contributed by atoms with E-state index in [0.717, 1.165) is 41.9 Å². The lowest BCUT2D eigenvalue weighted by molar-refractivity contribution is -0.118. The van der Waals surface area contributed by atoms with Gasteiger partial charge in [0.15, 0.2) is 5.76 Å². The monoisotopic (exact) mass is 720 g/mol. The number of aliphatic hydroxyl groups excluding tert-OH is 1. The zero-order valence-corrected chi connectivity index (χ0v) is 32.4. The zero-order valence-electron chi connectivity index (χ0n) is 32.4. The van der Waals surface area contributed by atoms with Crippen molar-refractivity contribution in [2.75, 3.05) is 13.1 Å².